The molecule has 1 fully saturated rings. The summed E-state index contributed by atoms with van der Waals surface area (Å²) < 4.78 is 31.3. The zero-order chi connectivity index (χ0) is 21.1. The van der Waals surface area contributed by atoms with Crippen molar-refractivity contribution in [2.45, 2.75) is 25.9 Å². The molecule has 0 aliphatic carbocycles. The molecule has 0 spiro atoms. The lowest BCUT2D eigenvalue weighted by atomic mass is 10.1. The molecule has 7 heteroatoms. The first kappa shape index (κ1) is 20.1. The molecule has 1 atom stereocenters. The maximum Gasteiger partial charge on any atom is 0.256 e. The number of ether oxygens (including phenoxy) is 2. The van der Waals surface area contributed by atoms with E-state index in [0.717, 1.165) is 18.4 Å². The third kappa shape index (κ3) is 4.21. The van der Waals surface area contributed by atoms with Crippen molar-refractivity contribution in [1.82, 2.24) is 5.32 Å². The summed E-state index contributed by atoms with van der Waals surface area (Å²) in [7, 11) is 1.53. The average molecular weight is 410 g/mol. The van der Waals surface area contributed by atoms with E-state index in [1.807, 2.05) is 6.07 Å². The molecule has 6 nitrogen and oxygen atoms in total. The Kier molecular flexibility index (Phi) is 5.81. The first-order valence-corrected chi connectivity index (χ1v) is 9.86. The summed E-state index contributed by atoms with van der Waals surface area (Å²) in [6, 6.07) is 11.7. The van der Waals surface area contributed by atoms with E-state index in [-0.39, 0.29) is 28.8 Å². The summed E-state index contributed by atoms with van der Waals surface area (Å²) in [6.45, 7) is 2.90. The van der Waals surface area contributed by atoms with Gasteiger partial charge in [0.25, 0.3) is 5.91 Å². The predicted octanol–water partition coefficient (Wildman–Crippen LogP) is 4.03. The third-order valence-corrected chi connectivity index (χ3v) is 5.04. The number of rotatable bonds is 5. The Balaban J connectivity index is 1.81. The minimum atomic E-state index is -0.490. The molecule has 2 heterocycles. The zero-order valence-corrected chi connectivity index (χ0v) is 16.9. The van der Waals surface area contributed by atoms with Gasteiger partial charge in [-0.2, -0.15) is 0 Å². The van der Waals surface area contributed by atoms with Crippen LogP contribution in [-0.2, 0) is 4.74 Å². The van der Waals surface area contributed by atoms with Crippen LogP contribution >= 0.6 is 0 Å². The van der Waals surface area contributed by atoms with Gasteiger partial charge in [-0.25, -0.2) is 9.38 Å². The summed E-state index contributed by atoms with van der Waals surface area (Å²) in [5, 5.41) is 3.56. The number of halogens is 1. The molecular weight excluding hydrogens is 387 g/mol. The SMILES string of the molecule is COc1cccc2cc(C(=O)NCC3CCCO3)c(=Nc3ccc(C)cc3F)oc12. The Bertz CT molecular complexity index is 1150. The van der Waals surface area contributed by atoms with E-state index in [0.29, 0.717) is 29.9 Å². The van der Waals surface area contributed by atoms with Gasteiger partial charge in [0.05, 0.1) is 13.2 Å². The van der Waals surface area contributed by atoms with Gasteiger partial charge in [0.15, 0.2) is 11.3 Å². The summed E-state index contributed by atoms with van der Waals surface area (Å²) >= 11 is 0. The van der Waals surface area contributed by atoms with Crippen LogP contribution in [0.25, 0.3) is 11.0 Å². The number of nitrogens with one attached hydrogen (secondary N) is 1. The smallest absolute Gasteiger partial charge is 0.256 e. The van der Waals surface area contributed by atoms with Gasteiger partial charge in [-0.05, 0) is 49.6 Å². The van der Waals surface area contributed by atoms with Crippen LogP contribution in [0.15, 0.2) is 51.9 Å². The van der Waals surface area contributed by atoms with E-state index >= 15 is 0 Å². The highest BCUT2D eigenvalue weighted by molar-refractivity contribution is 5.97. The van der Waals surface area contributed by atoms with Gasteiger partial charge in [0, 0.05) is 18.5 Å². The third-order valence-electron chi connectivity index (χ3n) is 5.04. The van der Waals surface area contributed by atoms with E-state index in [4.69, 9.17) is 13.9 Å². The Hall–Kier alpha value is -3.19. The number of hydrogen-bond donors (Lipinski definition) is 1. The number of carbonyl (C=O) groups excluding carboxylic acids is 1. The first-order chi connectivity index (χ1) is 14.5. The van der Waals surface area contributed by atoms with Crippen LogP contribution in [0.1, 0.15) is 28.8 Å². The fourth-order valence-corrected chi connectivity index (χ4v) is 3.45. The molecule has 4 rings (SSSR count). The van der Waals surface area contributed by atoms with E-state index in [1.165, 1.54) is 13.2 Å². The molecule has 1 amide bonds. The van der Waals surface area contributed by atoms with Crippen molar-refractivity contribution in [2.75, 3.05) is 20.3 Å². The van der Waals surface area contributed by atoms with Crippen LogP contribution in [0.4, 0.5) is 10.1 Å². The number of hydrogen-bond acceptors (Lipinski definition) is 5. The topological polar surface area (TPSA) is 73.1 Å². The molecule has 0 saturated carbocycles. The Labute approximate surface area is 173 Å². The van der Waals surface area contributed by atoms with Crippen LogP contribution < -0.4 is 15.6 Å². The zero-order valence-electron chi connectivity index (χ0n) is 16.9. The van der Waals surface area contributed by atoms with Crippen LogP contribution in [0.5, 0.6) is 5.75 Å². The predicted molar refractivity (Wildman–Crippen MR) is 110 cm³/mol. The van der Waals surface area contributed by atoms with Crippen molar-refractivity contribution in [3.05, 3.63) is 65.0 Å². The van der Waals surface area contributed by atoms with Crippen LogP contribution in [0, 0.1) is 12.7 Å². The average Bonchev–Trinajstić information content (AvgIpc) is 3.26. The van der Waals surface area contributed by atoms with Crippen molar-refractivity contribution in [2.24, 2.45) is 4.99 Å². The normalized spacial score (nSPS) is 16.8. The number of para-hydroxylation sites is 1. The highest BCUT2D eigenvalue weighted by atomic mass is 19.1. The molecular formula is C23H23FN2O4. The van der Waals surface area contributed by atoms with Gasteiger partial charge in [-0.1, -0.05) is 18.2 Å². The molecule has 1 aliphatic rings. The molecule has 1 unspecified atom stereocenters. The molecule has 2 aromatic carbocycles. The van der Waals surface area contributed by atoms with Gasteiger partial charge in [-0.3, -0.25) is 4.79 Å². The highest BCUT2D eigenvalue weighted by Gasteiger charge is 2.19. The lowest BCUT2D eigenvalue weighted by Crippen LogP contribution is -2.34. The fourth-order valence-electron chi connectivity index (χ4n) is 3.45. The van der Waals surface area contributed by atoms with Crippen LogP contribution in [0.2, 0.25) is 0 Å². The van der Waals surface area contributed by atoms with E-state index in [9.17, 15) is 9.18 Å². The number of amides is 1. The van der Waals surface area contributed by atoms with Gasteiger partial charge in [0.1, 0.15) is 17.1 Å². The second-order valence-electron chi connectivity index (χ2n) is 7.26. The standard InChI is InChI=1S/C23H23FN2O4/c1-14-8-9-19(18(24)11-14)26-23-17(22(27)25-13-16-6-4-10-29-16)12-15-5-3-7-20(28-2)21(15)30-23/h3,5,7-9,11-12,16H,4,6,10,13H2,1-2H3,(H,25,27). The number of nitrogens with zero attached hydrogens (tertiary/aromatic N) is 1. The van der Waals surface area contributed by atoms with E-state index in [2.05, 4.69) is 10.3 Å². The van der Waals surface area contributed by atoms with Crippen molar-refractivity contribution in [1.29, 1.82) is 0 Å². The summed E-state index contributed by atoms with van der Waals surface area (Å²) in [5.74, 6) is -0.346. The van der Waals surface area contributed by atoms with E-state index < -0.39 is 5.82 Å². The maximum absolute atomic E-state index is 14.4. The molecule has 1 saturated heterocycles. The monoisotopic (exact) mass is 410 g/mol. The summed E-state index contributed by atoms with van der Waals surface area (Å²) in [4.78, 5) is 17.3. The Morgan fingerprint density at radius 3 is 2.90 bits per heavy atom. The lowest BCUT2D eigenvalue weighted by Gasteiger charge is -2.12. The molecule has 0 bridgehead atoms. The van der Waals surface area contributed by atoms with Crippen molar-refractivity contribution in [3.8, 4) is 5.75 Å². The second kappa shape index (κ2) is 8.67. The first-order valence-electron chi connectivity index (χ1n) is 9.86. The molecule has 156 valence electrons. The Morgan fingerprint density at radius 1 is 1.30 bits per heavy atom. The van der Waals surface area contributed by atoms with E-state index in [1.54, 1.807) is 37.3 Å². The van der Waals surface area contributed by atoms with Gasteiger partial charge >= 0.3 is 0 Å². The lowest BCUT2D eigenvalue weighted by molar-refractivity contribution is 0.0854. The number of aryl methyl sites for hydroxylation is 1. The quantitative estimate of drug-likeness (QED) is 0.689. The number of benzene rings is 2. The molecule has 1 aliphatic heterocycles. The molecule has 3 aromatic rings. The van der Waals surface area contributed by atoms with Crippen LogP contribution in [0.3, 0.4) is 0 Å². The number of fused-ring (bicyclic) bond motifs is 1. The van der Waals surface area contributed by atoms with Gasteiger partial charge in [0.2, 0.25) is 5.55 Å². The summed E-state index contributed by atoms with van der Waals surface area (Å²) in [5.41, 5.74) is 1.53. The summed E-state index contributed by atoms with van der Waals surface area (Å²) in [6.07, 6.45) is 1.89. The Morgan fingerprint density at radius 2 is 2.17 bits per heavy atom. The maximum atomic E-state index is 14.4. The molecule has 30 heavy (non-hydrogen) atoms. The molecule has 1 aromatic heterocycles. The second-order valence-corrected chi connectivity index (χ2v) is 7.26. The highest BCUT2D eigenvalue weighted by Crippen LogP contribution is 2.25. The van der Waals surface area contributed by atoms with Gasteiger partial charge in [-0.15, -0.1) is 0 Å². The number of methoxy groups -OCH3 is 1. The number of carbonyl (C=O) groups is 1. The molecule has 1 N–H and O–H groups in total. The fraction of sp³-hybridized carbons (Fsp3) is 0.304. The van der Waals surface area contributed by atoms with Crippen molar-refractivity contribution < 1.29 is 23.1 Å². The van der Waals surface area contributed by atoms with Crippen molar-refractivity contribution in [3.63, 3.8) is 0 Å². The van der Waals surface area contributed by atoms with Gasteiger partial charge < -0.3 is 19.2 Å². The largest absolute Gasteiger partial charge is 0.493 e. The van der Waals surface area contributed by atoms with Crippen LogP contribution in [-0.4, -0.2) is 32.3 Å². The minimum absolute atomic E-state index is 0.00127. The minimum Gasteiger partial charge on any atom is -0.493 e. The van der Waals surface area contributed by atoms with Crippen molar-refractivity contribution >= 4 is 22.6 Å². The molecule has 0 radical (unpaired) electrons.